The third kappa shape index (κ3) is 2.53. The van der Waals surface area contributed by atoms with E-state index in [1.807, 2.05) is 0 Å². The third-order valence-electron chi connectivity index (χ3n) is 1.72. The Hall–Kier alpha value is -0.670. The number of ether oxygens (including phenoxy) is 1. The Morgan fingerprint density at radius 1 is 1.38 bits per heavy atom. The van der Waals surface area contributed by atoms with Gasteiger partial charge in [-0.25, -0.2) is 8.78 Å². The van der Waals surface area contributed by atoms with Crippen LogP contribution in [0, 0.1) is 3.57 Å². The first-order valence-electron chi connectivity index (χ1n) is 3.86. The predicted molar refractivity (Wildman–Crippen MR) is 53.5 cm³/mol. The average molecular weight is 353 g/mol. The van der Waals surface area contributed by atoms with Gasteiger partial charge < -0.3 is 4.74 Å². The first-order valence-corrected chi connectivity index (χ1v) is 4.94. The minimum Gasteiger partial charge on any atom is -0.494 e. The van der Waals surface area contributed by atoms with Gasteiger partial charge in [0.25, 0.3) is 6.43 Å². The molecule has 0 unspecified atom stereocenters. The van der Waals surface area contributed by atoms with Crippen molar-refractivity contribution in [2.75, 3.05) is 7.11 Å². The fraction of sp³-hybridized carbons (Fsp3) is 0.375. The van der Waals surface area contributed by atoms with E-state index < -0.39 is 33.2 Å². The van der Waals surface area contributed by atoms with Gasteiger partial charge >= 0.3 is 6.18 Å². The third-order valence-corrected chi connectivity index (χ3v) is 2.81. The Morgan fingerprint density at radius 3 is 2.31 bits per heavy atom. The second-order valence-corrected chi connectivity index (χ2v) is 3.78. The van der Waals surface area contributed by atoms with Gasteiger partial charge in [0.05, 0.1) is 16.9 Å². The predicted octanol–water partition coefficient (Wildman–Crippen LogP) is 3.65. The number of alkyl halides is 5. The Balaban J connectivity index is 3.47. The normalized spacial score (nSPS) is 12.0. The van der Waals surface area contributed by atoms with Crippen LogP contribution in [0.3, 0.4) is 0 Å². The van der Waals surface area contributed by atoms with Gasteiger partial charge in [-0.2, -0.15) is 13.2 Å². The second-order valence-electron chi connectivity index (χ2n) is 2.70. The molecule has 0 saturated carbocycles. The van der Waals surface area contributed by atoms with E-state index in [1.54, 1.807) is 0 Å². The number of rotatable bonds is 2. The largest absolute Gasteiger partial charge is 0.494 e. The van der Waals surface area contributed by atoms with Gasteiger partial charge in [0, 0.05) is 0 Å². The SMILES string of the molecule is COc1cnc(C(F)F)c(I)c1C(F)(F)F. The molecule has 2 nitrogen and oxygen atoms in total. The molecule has 0 aliphatic heterocycles. The molecule has 1 aromatic rings. The molecule has 1 heterocycles. The first kappa shape index (κ1) is 13.4. The molecule has 0 aliphatic carbocycles. The van der Waals surface area contributed by atoms with Gasteiger partial charge in [0.15, 0.2) is 5.75 Å². The maximum absolute atomic E-state index is 12.6. The van der Waals surface area contributed by atoms with Crippen molar-refractivity contribution >= 4 is 22.6 Å². The maximum atomic E-state index is 12.6. The highest BCUT2D eigenvalue weighted by Gasteiger charge is 2.39. The van der Waals surface area contributed by atoms with Crippen molar-refractivity contribution in [3.63, 3.8) is 0 Å². The lowest BCUT2D eigenvalue weighted by atomic mass is 10.2. The van der Waals surface area contributed by atoms with E-state index in [4.69, 9.17) is 0 Å². The number of hydrogen-bond acceptors (Lipinski definition) is 2. The number of hydrogen-bond donors (Lipinski definition) is 0. The van der Waals surface area contributed by atoms with E-state index in [0.29, 0.717) is 6.20 Å². The van der Waals surface area contributed by atoms with Crippen LogP contribution in [0.1, 0.15) is 17.7 Å². The summed E-state index contributed by atoms with van der Waals surface area (Å²) >= 11 is 1.19. The van der Waals surface area contributed by atoms with Crippen molar-refractivity contribution in [1.29, 1.82) is 0 Å². The van der Waals surface area contributed by atoms with Gasteiger partial charge in [-0.3, -0.25) is 4.98 Å². The zero-order chi connectivity index (χ0) is 12.5. The number of methoxy groups -OCH3 is 1. The van der Waals surface area contributed by atoms with Crippen LogP contribution in [0.4, 0.5) is 22.0 Å². The van der Waals surface area contributed by atoms with Crippen LogP contribution in [0.5, 0.6) is 5.75 Å². The smallest absolute Gasteiger partial charge is 0.421 e. The first-order chi connectivity index (χ1) is 7.29. The van der Waals surface area contributed by atoms with E-state index in [0.717, 1.165) is 7.11 Å². The molecule has 1 rings (SSSR count). The summed E-state index contributed by atoms with van der Waals surface area (Å²) in [4.78, 5) is 3.24. The van der Waals surface area contributed by atoms with Crippen molar-refractivity contribution in [3.05, 3.63) is 21.0 Å². The lowest BCUT2D eigenvalue weighted by Crippen LogP contribution is -2.13. The second kappa shape index (κ2) is 4.68. The number of aromatic nitrogens is 1. The summed E-state index contributed by atoms with van der Waals surface area (Å²) in [6.45, 7) is 0. The van der Waals surface area contributed by atoms with Gasteiger partial charge in [-0.05, 0) is 22.6 Å². The molecular formula is C8H5F5INO. The number of pyridine rings is 1. The molecule has 0 saturated heterocycles. The van der Waals surface area contributed by atoms with Crippen molar-refractivity contribution in [2.24, 2.45) is 0 Å². The Morgan fingerprint density at radius 2 is 1.94 bits per heavy atom. The summed E-state index contributed by atoms with van der Waals surface area (Å²) in [7, 11) is 1.02. The van der Waals surface area contributed by atoms with Gasteiger partial charge in [-0.15, -0.1) is 0 Å². The highest BCUT2D eigenvalue weighted by Crippen LogP contribution is 2.41. The Kier molecular flexibility index (Phi) is 3.92. The lowest BCUT2D eigenvalue weighted by Gasteiger charge is -2.15. The van der Waals surface area contributed by atoms with Crippen molar-refractivity contribution in [3.8, 4) is 5.75 Å². The molecule has 0 bridgehead atoms. The van der Waals surface area contributed by atoms with E-state index in [2.05, 4.69) is 9.72 Å². The monoisotopic (exact) mass is 353 g/mol. The molecule has 0 atom stereocenters. The molecule has 0 amide bonds. The van der Waals surface area contributed by atoms with E-state index >= 15 is 0 Å². The van der Waals surface area contributed by atoms with Crippen molar-refractivity contribution in [2.45, 2.75) is 12.6 Å². The summed E-state index contributed by atoms with van der Waals surface area (Å²) in [6.07, 6.45) is -7.17. The molecule has 0 aliphatic rings. The average Bonchev–Trinajstić information content (AvgIpc) is 2.14. The summed E-state index contributed by atoms with van der Waals surface area (Å²) in [6, 6.07) is 0. The minimum atomic E-state index is -4.76. The fourth-order valence-corrected chi connectivity index (χ4v) is 2.00. The summed E-state index contributed by atoms with van der Waals surface area (Å²) in [5.41, 5.74) is -2.12. The molecule has 1 aromatic heterocycles. The summed E-state index contributed by atoms with van der Waals surface area (Å²) < 4.78 is 66.3. The molecule has 0 spiro atoms. The van der Waals surface area contributed by atoms with E-state index in [9.17, 15) is 22.0 Å². The van der Waals surface area contributed by atoms with E-state index in [1.165, 1.54) is 22.6 Å². The van der Waals surface area contributed by atoms with Crippen LogP contribution < -0.4 is 4.74 Å². The topological polar surface area (TPSA) is 22.1 Å². The van der Waals surface area contributed by atoms with Crippen LogP contribution in [0.2, 0.25) is 0 Å². The number of halogens is 6. The summed E-state index contributed by atoms with van der Waals surface area (Å²) in [5.74, 6) is -0.568. The van der Waals surface area contributed by atoms with Crippen molar-refractivity contribution < 1.29 is 26.7 Å². The quantitative estimate of drug-likeness (QED) is 0.598. The van der Waals surface area contributed by atoms with Crippen LogP contribution in [0.15, 0.2) is 6.20 Å². The molecular weight excluding hydrogens is 348 g/mol. The highest BCUT2D eigenvalue weighted by atomic mass is 127. The molecule has 0 aromatic carbocycles. The molecule has 0 radical (unpaired) electrons. The summed E-state index contributed by atoms with van der Waals surface area (Å²) in [5, 5.41) is 0. The van der Waals surface area contributed by atoms with Crippen LogP contribution >= 0.6 is 22.6 Å². The van der Waals surface area contributed by atoms with Crippen molar-refractivity contribution in [1.82, 2.24) is 4.98 Å². The Bertz CT molecular complexity index is 393. The fourth-order valence-electron chi connectivity index (χ4n) is 1.06. The number of nitrogens with zero attached hydrogens (tertiary/aromatic N) is 1. The molecule has 8 heteroatoms. The van der Waals surface area contributed by atoms with Crippen LogP contribution in [0.25, 0.3) is 0 Å². The zero-order valence-corrected chi connectivity index (χ0v) is 9.94. The maximum Gasteiger partial charge on any atom is 0.421 e. The standard InChI is InChI=1S/C8H5F5INO/c1-16-3-2-15-6(7(9)10)5(14)4(3)8(11,12)13/h2,7H,1H3. The van der Waals surface area contributed by atoms with Gasteiger partial charge in [0.2, 0.25) is 0 Å². The van der Waals surface area contributed by atoms with Crippen LogP contribution in [-0.2, 0) is 6.18 Å². The lowest BCUT2D eigenvalue weighted by molar-refractivity contribution is -0.139. The van der Waals surface area contributed by atoms with Gasteiger partial charge in [0.1, 0.15) is 11.3 Å². The molecule has 16 heavy (non-hydrogen) atoms. The Labute approximate surface area is 101 Å². The van der Waals surface area contributed by atoms with E-state index in [-0.39, 0.29) is 0 Å². The van der Waals surface area contributed by atoms with Crippen LogP contribution in [-0.4, -0.2) is 12.1 Å². The minimum absolute atomic E-state index is 0.568. The molecule has 0 N–H and O–H groups in total. The molecule has 0 fully saturated rings. The highest BCUT2D eigenvalue weighted by molar-refractivity contribution is 14.1. The molecule has 90 valence electrons. The van der Waals surface area contributed by atoms with Gasteiger partial charge in [-0.1, -0.05) is 0 Å². The zero-order valence-electron chi connectivity index (χ0n) is 7.78.